The van der Waals surface area contributed by atoms with Crippen molar-refractivity contribution in [3.63, 3.8) is 0 Å². The molecule has 0 atom stereocenters. The average Bonchev–Trinajstić information content (AvgIpc) is 2.26. The number of carbonyl (C=O) groups is 2. The summed E-state index contributed by atoms with van der Waals surface area (Å²) in [5, 5.41) is 0. The molecule has 0 aliphatic carbocycles. The van der Waals surface area contributed by atoms with Gasteiger partial charge in [-0.15, -0.1) is 0 Å². The fraction of sp³-hybridized carbons (Fsp3) is 0.750. The first-order valence-electron chi connectivity index (χ1n) is 4.30. The second-order valence-electron chi connectivity index (χ2n) is 2.56. The predicted octanol–water partition coefficient (Wildman–Crippen LogP) is -0.533. The molecule has 0 aromatic carbocycles. The van der Waals surface area contributed by atoms with Gasteiger partial charge in [0.25, 0.3) is 0 Å². The summed E-state index contributed by atoms with van der Waals surface area (Å²) < 4.78 is 18.2. The highest BCUT2D eigenvalue weighted by Gasteiger charge is 2.21. The van der Waals surface area contributed by atoms with Gasteiger partial charge in [-0.05, 0) is 6.42 Å². The van der Waals surface area contributed by atoms with Crippen LogP contribution in [0.5, 0.6) is 0 Å². The highest BCUT2D eigenvalue weighted by molar-refractivity contribution is 6.30. The third kappa shape index (κ3) is 4.20. The molecule has 0 amide bonds. The van der Waals surface area contributed by atoms with Crippen LogP contribution in [0, 0.1) is 0 Å². The maximum atomic E-state index is 10.1. The molecule has 0 bridgehead atoms. The molecule has 14 heavy (non-hydrogen) atoms. The number of ether oxygens (including phenoxy) is 4. The largest absolute Gasteiger partial charge is 0.454 e. The van der Waals surface area contributed by atoms with Crippen LogP contribution in [0.2, 0.25) is 0 Å². The van der Waals surface area contributed by atoms with Gasteiger partial charge in [-0.25, -0.2) is 9.59 Å². The quantitative estimate of drug-likeness (QED) is 0.390. The van der Waals surface area contributed by atoms with Crippen LogP contribution in [0.15, 0.2) is 0 Å². The van der Waals surface area contributed by atoms with Gasteiger partial charge >= 0.3 is 11.9 Å². The topological polar surface area (TPSA) is 71.1 Å². The van der Waals surface area contributed by atoms with Crippen LogP contribution in [0.3, 0.4) is 0 Å². The van der Waals surface area contributed by atoms with E-state index < -0.39 is 11.9 Å². The number of cyclic esters (lactones) is 2. The molecule has 0 aromatic rings. The van der Waals surface area contributed by atoms with Crippen LogP contribution in [-0.4, -0.2) is 45.2 Å². The van der Waals surface area contributed by atoms with Crippen molar-refractivity contribution in [1.82, 2.24) is 0 Å². The summed E-state index contributed by atoms with van der Waals surface area (Å²) in [5.41, 5.74) is 0. The van der Waals surface area contributed by atoms with E-state index in [1.54, 1.807) is 0 Å². The van der Waals surface area contributed by atoms with E-state index in [1.165, 1.54) is 0 Å². The van der Waals surface area contributed by atoms with Crippen LogP contribution in [0.4, 0.5) is 0 Å². The van der Waals surface area contributed by atoms with E-state index >= 15 is 0 Å². The third-order valence-corrected chi connectivity index (χ3v) is 1.46. The lowest BCUT2D eigenvalue weighted by atomic mass is 10.5. The van der Waals surface area contributed by atoms with Crippen molar-refractivity contribution in [1.29, 1.82) is 0 Å². The molecular weight excluding hydrogens is 192 g/mol. The number of hydrogen-bond donors (Lipinski definition) is 0. The Morgan fingerprint density at radius 1 is 0.786 bits per heavy atom. The Hall–Kier alpha value is -1.14. The zero-order chi connectivity index (χ0) is 10.2. The molecule has 2 fully saturated rings. The second-order valence-corrected chi connectivity index (χ2v) is 2.56. The summed E-state index contributed by atoms with van der Waals surface area (Å²) >= 11 is 0. The first kappa shape index (κ1) is 10.9. The van der Waals surface area contributed by atoms with Crippen LogP contribution < -0.4 is 0 Å². The minimum Gasteiger partial charge on any atom is -0.454 e. The standard InChI is InChI=1S/C4H4O4.C4H8O2/c5-3-4(6)8-2-1-7-3;1-2-5-4-6-3-1/h1-2H2;1-4H2. The summed E-state index contributed by atoms with van der Waals surface area (Å²) in [6.07, 6.45) is 1.06. The first-order chi connectivity index (χ1) is 6.80. The minimum absolute atomic E-state index is 0.185. The number of rotatable bonds is 0. The average molecular weight is 204 g/mol. The molecule has 2 aliphatic heterocycles. The van der Waals surface area contributed by atoms with Crippen molar-refractivity contribution in [3.8, 4) is 0 Å². The van der Waals surface area contributed by atoms with E-state index in [4.69, 9.17) is 9.47 Å². The van der Waals surface area contributed by atoms with Crippen LogP contribution in [0.1, 0.15) is 6.42 Å². The molecular formula is C8H12O6. The van der Waals surface area contributed by atoms with Gasteiger partial charge < -0.3 is 18.9 Å². The molecule has 0 saturated carbocycles. The molecule has 0 spiro atoms. The molecule has 0 unspecified atom stereocenters. The van der Waals surface area contributed by atoms with Gasteiger partial charge in [0.1, 0.15) is 20.0 Å². The van der Waals surface area contributed by atoms with Crippen LogP contribution >= 0.6 is 0 Å². The molecule has 6 nitrogen and oxygen atoms in total. The van der Waals surface area contributed by atoms with Crippen LogP contribution in [-0.2, 0) is 28.5 Å². The van der Waals surface area contributed by atoms with E-state index in [9.17, 15) is 9.59 Å². The van der Waals surface area contributed by atoms with Gasteiger partial charge in [-0.1, -0.05) is 0 Å². The highest BCUT2D eigenvalue weighted by Crippen LogP contribution is 1.91. The second kappa shape index (κ2) is 6.33. The number of hydrogen-bond acceptors (Lipinski definition) is 6. The highest BCUT2D eigenvalue weighted by atomic mass is 16.7. The van der Waals surface area contributed by atoms with Crippen molar-refractivity contribution in [3.05, 3.63) is 0 Å². The maximum absolute atomic E-state index is 10.1. The summed E-state index contributed by atoms with van der Waals surface area (Å²) in [7, 11) is 0. The molecule has 2 saturated heterocycles. The third-order valence-electron chi connectivity index (χ3n) is 1.46. The van der Waals surface area contributed by atoms with Gasteiger partial charge in [0.2, 0.25) is 0 Å². The lowest BCUT2D eigenvalue weighted by molar-refractivity contribution is -0.177. The SMILES string of the molecule is C1COCOC1.O=C1OCCOC1=O. The summed E-state index contributed by atoms with van der Waals surface area (Å²) in [4.78, 5) is 20.2. The summed E-state index contributed by atoms with van der Waals surface area (Å²) in [5.74, 6) is -1.78. The van der Waals surface area contributed by atoms with Crippen molar-refractivity contribution in [2.75, 3.05) is 33.2 Å². The van der Waals surface area contributed by atoms with Crippen LogP contribution in [0.25, 0.3) is 0 Å². The fourth-order valence-electron chi connectivity index (χ4n) is 0.826. The molecule has 0 radical (unpaired) electrons. The predicted molar refractivity (Wildman–Crippen MR) is 43.3 cm³/mol. The monoisotopic (exact) mass is 204 g/mol. The van der Waals surface area contributed by atoms with E-state index in [2.05, 4.69) is 9.47 Å². The Kier molecular flexibility index (Phi) is 4.95. The van der Waals surface area contributed by atoms with Gasteiger partial charge in [0.05, 0.1) is 13.2 Å². The van der Waals surface area contributed by atoms with Gasteiger partial charge in [-0.2, -0.15) is 0 Å². The van der Waals surface area contributed by atoms with Gasteiger partial charge in [0.15, 0.2) is 0 Å². The number of esters is 2. The van der Waals surface area contributed by atoms with Crippen molar-refractivity contribution >= 4 is 11.9 Å². The Morgan fingerprint density at radius 2 is 1.29 bits per heavy atom. The molecule has 80 valence electrons. The van der Waals surface area contributed by atoms with E-state index in [1.807, 2.05) is 0 Å². The lowest BCUT2D eigenvalue weighted by Crippen LogP contribution is -2.28. The van der Waals surface area contributed by atoms with E-state index in [-0.39, 0.29) is 13.2 Å². The minimum atomic E-state index is -0.892. The number of carbonyl (C=O) groups excluding carboxylic acids is 2. The Morgan fingerprint density at radius 3 is 1.50 bits per heavy atom. The summed E-state index contributed by atoms with van der Waals surface area (Å²) in [6.45, 7) is 2.62. The lowest BCUT2D eigenvalue weighted by Gasteiger charge is -2.09. The Bertz CT molecular complexity index is 170. The molecule has 2 rings (SSSR count). The van der Waals surface area contributed by atoms with E-state index in [0.29, 0.717) is 6.79 Å². The summed E-state index contributed by atoms with van der Waals surface area (Å²) in [6, 6.07) is 0. The maximum Gasteiger partial charge on any atom is 0.417 e. The zero-order valence-corrected chi connectivity index (χ0v) is 7.69. The molecule has 2 aliphatic rings. The van der Waals surface area contributed by atoms with Crippen molar-refractivity contribution in [2.24, 2.45) is 0 Å². The van der Waals surface area contributed by atoms with Gasteiger partial charge in [0, 0.05) is 0 Å². The fourth-order valence-corrected chi connectivity index (χ4v) is 0.826. The first-order valence-corrected chi connectivity index (χ1v) is 4.30. The van der Waals surface area contributed by atoms with Crippen molar-refractivity contribution < 1.29 is 28.5 Å². The zero-order valence-electron chi connectivity index (χ0n) is 7.69. The Labute approximate surface area is 81.1 Å². The molecule has 0 N–H and O–H groups in total. The smallest absolute Gasteiger partial charge is 0.417 e. The van der Waals surface area contributed by atoms with Crippen molar-refractivity contribution in [2.45, 2.75) is 6.42 Å². The Balaban J connectivity index is 0.000000146. The molecule has 2 heterocycles. The van der Waals surface area contributed by atoms with E-state index in [0.717, 1.165) is 19.6 Å². The normalized spacial score (nSPS) is 21.4. The molecule has 6 heteroatoms. The van der Waals surface area contributed by atoms with Gasteiger partial charge in [-0.3, -0.25) is 0 Å². The molecule has 0 aromatic heterocycles.